The van der Waals surface area contributed by atoms with Crippen molar-refractivity contribution in [3.05, 3.63) is 0 Å². The quantitative estimate of drug-likeness (QED) is 0.365. The lowest BCUT2D eigenvalue weighted by Gasteiger charge is -2.34. The van der Waals surface area contributed by atoms with Crippen molar-refractivity contribution in [3.63, 3.8) is 0 Å². The minimum atomic E-state index is -2.92. The molecule has 2 N–H and O–H groups in total. The molecule has 1 aliphatic rings. The van der Waals surface area contributed by atoms with Crippen LogP contribution >= 0.6 is 0 Å². The number of guanidine groups is 1. The SMILES string of the molecule is CCNC(=NCCCN1CC(C)CC(C)C1)NC(C)CCS(C)(=O)=O. The molecule has 1 fully saturated rings. The second-order valence-electron chi connectivity index (χ2n) is 7.78. The van der Waals surface area contributed by atoms with Gasteiger partial charge in [-0.3, -0.25) is 4.99 Å². The molecule has 1 rings (SSSR count). The molecule has 1 heterocycles. The number of piperidine rings is 1. The van der Waals surface area contributed by atoms with Gasteiger partial charge in [0.15, 0.2) is 5.96 Å². The van der Waals surface area contributed by atoms with Gasteiger partial charge in [-0.2, -0.15) is 0 Å². The molecular weight excluding hydrogens is 336 g/mol. The molecule has 3 atom stereocenters. The Morgan fingerprint density at radius 2 is 1.92 bits per heavy atom. The molecule has 25 heavy (non-hydrogen) atoms. The first-order valence-corrected chi connectivity index (χ1v) is 11.7. The van der Waals surface area contributed by atoms with Gasteiger partial charge in [-0.05, 0) is 51.5 Å². The molecule has 3 unspecified atom stereocenters. The number of likely N-dealkylation sites (tertiary alicyclic amines) is 1. The first-order chi connectivity index (χ1) is 11.7. The lowest BCUT2D eigenvalue weighted by molar-refractivity contribution is 0.140. The fourth-order valence-corrected chi connectivity index (χ4v) is 4.26. The zero-order valence-corrected chi connectivity index (χ0v) is 17.5. The van der Waals surface area contributed by atoms with Crippen LogP contribution in [0.3, 0.4) is 0 Å². The second-order valence-corrected chi connectivity index (χ2v) is 10.0. The van der Waals surface area contributed by atoms with Crippen LogP contribution < -0.4 is 10.6 Å². The molecule has 1 aliphatic heterocycles. The van der Waals surface area contributed by atoms with E-state index in [0.29, 0.717) is 6.42 Å². The number of aliphatic imine (C=N–C) groups is 1. The van der Waals surface area contributed by atoms with Gasteiger partial charge in [0.2, 0.25) is 0 Å². The fraction of sp³-hybridized carbons (Fsp3) is 0.944. The molecule has 6 nitrogen and oxygen atoms in total. The Morgan fingerprint density at radius 1 is 1.28 bits per heavy atom. The summed E-state index contributed by atoms with van der Waals surface area (Å²) in [6.45, 7) is 13.8. The van der Waals surface area contributed by atoms with E-state index in [1.807, 2.05) is 13.8 Å². The van der Waals surface area contributed by atoms with Crippen molar-refractivity contribution >= 4 is 15.8 Å². The van der Waals surface area contributed by atoms with Crippen LogP contribution in [-0.2, 0) is 9.84 Å². The van der Waals surface area contributed by atoms with E-state index in [2.05, 4.69) is 34.4 Å². The minimum Gasteiger partial charge on any atom is -0.357 e. The van der Waals surface area contributed by atoms with Crippen molar-refractivity contribution in [2.75, 3.05) is 44.7 Å². The van der Waals surface area contributed by atoms with Crippen LogP contribution in [0.4, 0.5) is 0 Å². The molecule has 0 radical (unpaired) electrons. The van der Waals surface area contributed by atoms with Crippen LogP contribution in [0.5, 0.6) is 0 Å². The van der Waals surface area contributed by atoms with Crippen molar-refractivity contribution < 1.29 is 8.42 Å². The molecule has 1 saturated heterocycles. The molecule has 0 aromatic carbocycles. The van der Waals surface area contributed by atoms with Gasteiger partial charge in [0, 0.05) is 38.5 Å². The van der Waals surface area contributed by atoms with Crippen LogP contribution in [0.15, 0.2) is 4.99 Å². The van der Waals surface area contributed by atoms with Gasteiger partial charge in [-0.15, -0.1) is 0 Å². The monoisotopic (exact) mass is 374 g/mol. The summed E-state index contributed by atoms with van der Waals surface area (Å²) in [6.07, 6.45) is 4.26. The highest BCUT2D eigenvalue weighted by atomic mass is 32.2. The third-order valence-electron chi connectivity index (χ3n) is 4.50. The van der Waals surface area contributed by atoms with E-state index in [1.165, 1.54) is 25.8 Å². The predicted octanol–water partition coefficient (Wildman–Crippen LogP) is 1.73. The van der Waals surface area contributed by atoms with E-state index in [0.717, 1.165) is 43.9 Å². The van der Waals surface area contributed by atoms with E-state index in [4.69, 9.17) is 0 Å². The van der Waals surface area contributed by atoms with Crippen LogP contribution in [0.2, 0.25) is 0 Å². The normalized spacial score (nSPS) is 24.1. The second kappa shape index (κ2) is 11.0. The summed E-state index contributed by atoms with van der Waals surface area (Å²) in [5, 5.41) is 6.54. The van der Waals surface area contributed by atoms with Gasteiger partial charge in [-0.25, -0.2) is 8.42 Å². The van der Waals surface area contributed by atoms with Crippen molar-refractivity contribution in [1.82, 2.24) is 15.5 Å². The molecule has 0 aliphatic carbocycles. The Balaban J connectivity index is 2.36. The topological polar surface area (TPSA) is 73.8 Å². The van der Waals surface area contributed by atoms with Crippen LogP contribution in [0.1, 0.15) is 47.0 Å². The standard InChI is InChI=1S/C18H38N4O2S/c1-6-19-18(21-17(4)8-11-25(5,23)24)20-9-7-10-22-13-15(2)12-16(3)14-22/h15-17H,6-14H2,1-5H3,(H2,19,20,21). The number of nitrogens with one attached hydrogen (secondary N) is 2. The number of hydrogen-bond donors (Lipinski definition) is 2. The van der Waals surface area contributed by atoms with Gasteiger partial charge in [0.1, 0.15) is 9.84 Å². The van der Waals surface area contributed by atoms with E-state index >= 15 is 0 Å². The summed E-state index contributed by atoms with van der Waals surface area (Å²) in [6, 6.07) is 0.0799. The van der Waals surface area contributed by atoms with Gasteiger partial charge >= 0.3 is 0 Å². The maximum atomic E-state index is 11.3. The number of rotatable bonds is 9. The number of hydrogen-bond acceptors (Lipinski definition) is 4. The zero-order valence-electron chi connectivity index (χ0n) is 16.7. The average molecular weight is 375 g/mol. The van der Waals surface area contributed by atoms with Crippen molar-refractivity contribution in [3.8, 4) is 0 Å². The highest BCUT2D eigenvalue weighted by Crippen LogP contribution is 2.20. The number of nitrogens with zero attached hydrogens (tertiary/aromatic N) is 2. The van der Waals surface area contributed by atoms with E-state index in [9.17, 15) is 8.42 Å². The van der Waals surface area contributed by atoms with Gasteiger partial charge < -0.3 is 15.5 Å². The summed E-state index contributed by atoms with van der Waals surface area (Å²) in [7, 11) is -2.92. The summed E-state index contributed by atoms with van der Waals surface area (Å²) in [4.78, 5) is 7.20. The molecule has 0 amide bonds. The molecule has 7 heteroatoms. The molecule has 0 spiro atoms. The van der Waals surface area contributed by atoms with Crippen molar-refractivity contribution in [1.29, 1.82) is 0 Å². The summed E-state index contributed by atoms with van der Waals surface area (Å²) in [5.41, 5.74) is 0. The summed E-state index contributed by atoms with van der Waals surface area (Å²) >= 11 is 0. The van der Waals surface area contributed by atoms with Gasteiger partial charge in [0.05, 0.1) is 5.75 Å². The maximum absolute atomic E-state index is 11.3. The molecule has 0 bridgehead atoms. The third kappa shape index (κ3) is 10.7. The van der Waals surface area contributed by atoms with Gasteiger partial charge in [0.25, 0.3) is 0 Å². The predicted molar refractivity (Wildman–Crippen MR) is 107 cm³/mol. The average Bonchev–Trinajstić information content (AvgIpc) is 2.48. The fourth-order valence-electron chi connectivity index (χ4n) is 3.48. The lowest BCUT2D eigenvalue weighted by Crippen LogP contribution is -2.43. The third-order valence-corrected chi connectivity index (χ3v) is 5.47. The molecule has 148 valence electrons. The minimum absolute atomic E-state index is 0.0799. The van der Waals surface area contributed by atoms with Crippen LogP contribution in [-0.4, -0.2) is 70.1 Å². The Morgan fingerprint density at radius 3 is 2.48 bits per heavy atom. The smallest absolute Gasteiger partial charge is 0.191 e. The van der Waals surface area contributed by atoms with E-state index in [1.54, 1.807) is 0 Å². The first kappa shape index (κ1) is 22.2. The first-order valence-electron chi connectivity index (χ1n) is 9.64. The lowest BCUT2D eigenvalue weighted by atomic mass is 9.92. The Bertz CT molecular complexity index is 497. The highest BCUT2D eigenvalue weighted by Gasteiger charge is 2.20. The van der Waals surface area contributed by atoms with E-state index in [-0.39, 0.29) is 11.8 Å². The maximum Gasteiger partial charge on any atom is 0.191 e. The zero-order chi connectivity index (χ0) is 18.9. The summed E-state index contributed by atoms with van der Waals surface area (Å²) < 4.78 is 22.6. The van der Waals surface area contributed by atoms with Gasteiger partial charge in [-0.1, -0.05) is 13.8 Å². The van der Waals surface area contributed by atoms with Crippen molar-refractivity contribution in [2.24, 2.45) is 16.8 Å². The van der Waals surface area contributed by atoms with Crippen LogP contribution in [0.25, 0.3) is 0 Å². The highest BCUT2D eigenvalue weighted by molar-refractivity contribution is 7.90. The molecular formula is C18H38N4O2S. The Kier molecular flexibility index (Phi) is 9.79. The molecule has 0 saturated carbocycles. The van der Waals surface area contributed by atoms with Crippen molar-refractivity contribution in [2.45, 2.75) is 53.0 Å². The molecule has 0 aromatic rings. The Hall–Kier alpha value is -0.820. The Labute approximate surface area is 154 Å². The van der Waals surface area contributed by atoms with Crippen LogP contribution in [0, 0.1) is 11.8 Å². The summed E-state index contributed by atoms with van der Waals surface area (Å²) in [5.74, 6) is 2.57. The number of sulfone groups is 1. The molecule has 0 aromatic heterocycles. The largest absolute Gasteiger partial charge is 0.357 e. The van der Waals surface area contributed by atoms with E-state index < -0.39 is 9.84 Å².